The molecule has 0 unspecified atom stereocenters. The molecule has 0 saturated carbocycles. The second-order valence-electron chi connectivity index (χ2n) is 5.22. The normalized spacial score (nSPS) is 11.2. The molecule has 0 radical (unpaired) electrons. The number of halogens is 1. The molecular formula is C19H20ClNO2. The zero-order chi connectivity index (χ0) is 16.7. The Kier molecular flexibility index (Phi) is 6.24. The van der Waals surface area contributed by atoms with Gasteiger partial charge in [0.1, 0.15) is 5.75 Å². The summed E-state index contributed by atoms with van der Waals surface area (Å²) in [7, 11) is 1.66. The number of carbonyl (C=O) groups excluding carboxylic acids is 1. The van der Waals surface area contributed by atoms with E-state index in [1.54, 1.807) is 37.5 Å². The predicted molar refractivity (Wildman–Crippen MR) is 94.2 cm³/mol. The highest BCUT2D eigenvalue weighted by Crippen LogP contribution is 2.12. The Balaban J connectivity index is 1.84. The molecule has 0 atom stereocenters. The molecule has 0 spiro atoms. The molecule has 2 rings (SSSR count). The summed E-state index contributed by atoms with van der Waals surface area (Å²) in [4.78, 5) is 12.1. The minimum atomic E-state index is -0.0314. The van der Waals surface area contributed by atoms with Crippen molar-refractivity contribution in [1.29, 1.82) is 0 Å². The number of rotatable bonds is 7. The first-order valence-corrected chi connectivity index (χ1v) is 7.81. The van der Waals surface area contributed by atoms with E-state index >= 15 is 0 Å². The highest BCUT2D eigenvalue weighted by atomic mass is 35.5. The van der Waals surface area contributed by atoms with Crippen LogP contribution in [0, 0.1) is 0 Å². The maximum Gasteiger partial charge on any atom is 0.187 e. The van der Waals surface area contributed by atoms with Crippen LogP contribution in [0.1, 0.15) is 22.8 Å². The summed E-state index contributed by atoms with van der Waals surface area (Å²) >= 11 is 5.82. The van der Waals surface area contributed by atoms with Crippen molar-refractivity contribution in [2.75, 3.05) is 13.7 Å². The Labute approximate surface area is 141 Å². The summed E-state index contributed by atoms with van der Waals surface area (Å²) in [5.41, 5.74) is 2.69. The summed E-state index contributed by atoms with van der Waals surface area (Å²) in [6.07, 6.45) is 2.49. The molecule has 0 aliphatic heterocycles. The fourth-order valence-electron chi connectivity index (χ4n) is 2.14. The average Bonchev–Trinajstić information content (AvgIpc) is 2.56. The van der Waals surface area contributed by atoms with Crippen LogP contribution in [0.4, 0.5) is 0 Å². The molecule has 0 amide bonds. The fourth-order valence-corrected chi connectivity index (χ4v) is 2.27. The van der Waals surface area contributed by atoms with E-state index in [0.29, 0.717) is 10.6 Å². The lowest BCUT2D eigenvalue weighted by Gasteiger charge is -2.07. The summed E-state index contributed by atoms with van der Waals surface area (Å²) in [5.74, 6) is 0.822. The summed E-state index contributed by atoms with van der Waals surface area (Å²) in [6.45, 7) is 2.66. The van der Waals surface area contributed by atoms with E-state index in [9.17, 15) is 4.79 Å². The second kappa shape index (κ2) is 8.39. The van der Waals surface area contributed by atoms with Crippen molar-refractivity contribution in [3.8, 4) is 5.75 Å². The molecular weight excluding hydrogens is 310 g/mol. The smallest absolute Gasteiger partial charge is 0.187 e. The molecule has 3 nitrogen and oxygen atoms in total. The van der Waals surface area contributed by atoms with E-state index in [-0.39, 0.29) is 5.78 Å². The number of methoxy groups -OCH3 is 1. The Morgan fingerprint density at radius 2 is 1.78 bits per heavy atom. The van der Waals surface area contributed by atoms with Gasteiger partial charge in [-0.15, -0.1) is 0 Å². The third-order valence-corrected chi connectivity index (χ3v) is 3.70. The number of hydrogen-bond donors (Lipinski definition) is 1. The molecule has 2 aromatic carbocycles. The second-order valence-corrected chi connectivity index (χ2v) is 5.66. The highest BCUT2D eigenvalue weighted by Gasteiger charge is 2.03. The van der Waals surface area contributed by atoms with E-state index in [0.717, 1.165) is 24.4 Å². The summed E-state index contributed by atoms with van der Waals surface area (Å²) < 4.78 is 5.13. The van der Waals surface area contributed by atoms with Crippen LogP contribution in [-0.2, 0) is 6.42 Å². The molecule has 4 heteroatoms. The van der Waals surface area contributed by atoms with Gasteiger partial charge in [0.05, 0.1) is 7.11 Å². The van der Waals surface area contributed by atoms with Crippen LogP contribution in [0.2, 0.25) is 5.02 Å². The third-order valence-electron chi connectivity index (χ3n) is 3.45. The molecule has 1 N–H and O–H groups in total. The quantitative estimate of drug-likeness (QED) is 0.609. The molecule has 2 aromatic rings. The van der Waals surface area contributed by atoms with Gasteiger partial charge < -0.3 is 10.1 Å². The Bertz CT molecular complexity index is 676. The largest absolute Gasteiger partial charge is 0.497 e. The van der Waals surface area contributed by atoms with E-state index in [4.69, 9.17) is 16.3 Å². The fraction of sp³-hybridized carbons (Fsp3) is 0.211. The summed E-state index contributed by atoms with van der Waals surface area (Å²) in [6, 6.07) is 14.9. The van der Waals surface area contributed by atoms with E-state index < -0.39 is 0 Å². The number of hydrogen-bond acceptors (Lipinski definition) is 3. The maximum atomic E-state index is 12.1. The number of allylic oxidation sites excluding steroid dienone is 2. The van der Waals surface area contributed by atoms with Crippen LogP contribution in [0.25, 0.3) is 0 Å². The number of carbonyl (C=O) groups is 1. The van der Waals surface area contributed by atoms with E-state index in [1.165, 1.54) is 5.56 Å². The number of nitrogens with one attached hydrogen (secondary N) is 1. The first kappa shape index (κ1) is 17.1. The van der Waals surface area contributed by atoms with Gasteiger partial charge in [0.15, 0.2) is 5.78 Å². The minimum Gasteiger partial charge on any atom is -0.497 e. The van der Waals surface area contributed by atoms with Gasteiger partial charge in [-0.1, -0.05) is 23.7 Å². The van der Waals surface area contributed by atoms with Crippen LogP contribution in [0.5, 0.6) is 5.75 Å². The van der Waals surface area contributed by atoms with Crippen molar-refractivity contribution in [3.05, 3.63) is 76.5 Å². The lowest BCUT2D eigenvalue weighted by molar-refractivity contribution is 0.104. The van der Waals surface area contributed by atoms with Gasteiger partial charge in [-0.3, -0.25) is 4.79 Å². The lowest BCUT2D eigenvalue weighted by atomic mass is 10.1. The third kappa shape index (κ3) is 5.46. The first-order chi connectivity index (χ1) is 11.1. The van der Waals surface area contributed by atoms with Crippen LogP contribution < -0.4 is 10.1 Å². The zero-order valence-electron chi connectivity index (χ0n) is 13.3. The first-order valence-electron chi connectivity index (χ1n) is 7.43. The van der Waals surface area contributed by atoms with Gasteiger partial charge in [0.2, 0.25) is 0 Å². The Hall–Kier alpha value is -2.26. The van der Waals surface area contributed by atoms with Gasteiger partial charge >= 0.3 is 0 Å². The molecule has 120 valence electrons. The van der Waals surface area contributed by atoms with Gasteiger partial charge in [0, 0.05) is 28.9 Å². The van der Waals surface area contributed by atoms with E-state index in [2.05, 4.69) is 5.32 Å². The molecule has 0 bridgehead atoms. The molecule has 0 aromatic heterocycles. The number of benzene rings is 2. The van der Waals surface area contributed by atoms with Gasteiger partial charge in [-0.05, 0) is 55.3 Å². The lowest BCUT2D eigenvalue weighted by Crippen LogP contribution is -2.16. The van der Waals surface area contributed by atoms with Crippen molar-refractivity contribution >= 4 is 17.4 Å². The van der Waals surface area contributed by atoms with Crippen molar-refractivity contribution in [2.45, 2.75) is 13.3 Å². The minimum absolute atomic E-state index is 0.0314. The molecule has 0 aliphatic carbocycles. The Morgan fingerprint density at radius 1 is 1.13 bits per heavy atom. The van der Waals surface area contributed by atoms with Crippen molar-refractivity contribution in [1.82, 2.24) is 5.32 Å². The molecule has 0 saturated heterocycles. The monoisotopic (exact) mass is 329 g/mol. The standard InChI is InChI=1S/C19H20ClNO2/c1-14(13-19(22)16-5-7-17(20)8-6-16)21-12-11-15-3-9-18(23-2)10-4-15/h3-10,13,21H,11-12H2,1-2H3/b14-13+. The molecule has 23 heavy (non-hydrogen) atoms. The van der Waals surface area contributed by atoms with Gasteiger partial charge in [-0.25, -0.2) is 0 Å². The topological polar surface area (TPSA) is 38.3 Å². The Morgan fingerprint density at radius 3 is 2.39 bits per heavy atom. The molecule has 0 aliphatic rings. The van der Waals surface area contributed by atoms with Crippen LogP contribution >= 0.6 is 11.6 Å². The van der Waals surface area contributed by atoms with Crippen molar-refractivity contribution in [3.63, 3.8) is 0 Å². The van der Waals surface area contributed by atoms with Gasteiger partial charge in [0.25, 0.3) is 0 Å². The van der Waals surface area contributed by atoms with Crippen LogP contribution in [-0.4, -0.2) is 19.4 Å². The maximum absolute atomic E-state index is 12.1. The molecule has 0 fully saturated rings. The van der Waals surface area contributed by atoms with Crippen molar-refractivity contribution in [2.24, 2.45) is 0 Å². The van der Waals surface area contributed by atoms with Crippen molar-refractivity contribution < 1.29 is 9.53 Å². The van der Waals surface area contributed by atoms with Crippen LogP contribution in [0.3, 0.4) is 0 Å². The zero-order valence-corrected chi connectivity index (χ0v) is 14.1. The average molecular weight is 330 g/mol. The van der Waals surface area contributed by atoms with Crippen LogP contribution in [0.15, 0.2) is 60.3 Å². The molecule has 0 heterocycles. The number of ketones is 1. The number of ether oxygens (including phenoxy) is 1. The summed E-state index contributed by atoms with van der Waals surface area (Å²) in [5, 5.41) is 3.88. The predicted octanol–water partition coefficient (Wildman–Crippen LogP) is 4.27. The highest BCUT2D eigenvalue weighted by molar-refractivity contribution is 6.30. The van der Waals surface area contributed by atoms with Gasteiger partial charge in [-0.2, -0.15) is 0 Å². The SMILES string of the molecule is COc1ccc(CCN/C(C)=C/C(=O)c2ccc(Cl)cc2)cc1. The van der Waals surface area contributed by atoms with E-state index in [1.807, 2.05) is 31.2 Å².